The third-order valence-electron chi connectivity index (χ3n) is 3.32. The number of rotatable bonds is 4. The smallest absolute Gasteiger partial charge is 0.153 e. The summed E-state index contributed by atoms with van der Waals surface area (Å²) in [6, 6.07) is 5.03. The second-order valence-electron chi connectivity index (χ2n) is 4.59. The van der Waals surface area contributed by atoms with E-state index in [9.17, 15) is 9.18 Å². The lowest BCUT2D eigenvalue weighted by Gasteiger charge is -2.21. The summed E-state index contributed by atoms with van der Waals surface area (Å²) in [6.45, 7) is 0. The molecule has 0 aliphatic heterocycles. The monoisotopic (exact) mass is 252 g/mol. The van der Waals surface area contributed by atoms with Gasteiger partial charge in [-0.25, -0.2) is 4.39 Å². The van der Waals surface area contributed by atoms with Crippen LogP contribution in [0.5, 0.6) is 0 Å². The summed E-state index contributed by atoms with van der Waals surface area (Å²) in [5.74, 6) is 1.33. The zero-order chi connectivity index (χ0) is 12.1. The predicted octanol–water partition coefficient (Wildman–Crippen LogP) is 4.31. The molecule has 0 saturated heterocycles. The number of carbonyl (C=O) groups excluding carboxylic acids is 1. The van der Waals surface area contributed by atoms with Crippen molar-refractivity contribution in [3.8, 4) is 0 Å². The van der Waals surface area contributed by atoms with Crippen molar-refractivity contribution in [2.24, 2.45) is 5.92 Å². The summed E-state index contributed by atoms with van der Waals surface area (Å²) in [7, 11) is 0. The molecule has 1 aliphatic rings. The van der Waals surface area contributed by atoms with Crippen LogP contribution in [0.1, 0.15) is 42.5 Å². The van der Waals surface area contributed by atoms with Gasteiger partial charge in [0.15, 0.2) is 6.29 Å². The van der Waals surface area contributed by atoms with Gasteiger partial charge in [-0.3, -0.25) is 4.79 Å². The van der Waals surface area contributed by atoms with E-state index < -0.39 is 0 Å². The molecule has 0 radical (unpaired) electrons. The molecular weight excluding hydrogens is 235 g/mol. The van der Waals surface area contributed by atoms with Crippen molar-refractivity contribution in [3.05, 3.63) is 29.6 Å². The van der Waals surface area contributed by atoms with Gasteiger partial charge in [0.25, 0.3) is 0 Å². The summed E-state index contributed by atoms with van der Waals surface area (Å²) >= 11 is 1.55. The van der Waals surface area contributed by atoms with Crippen molar-refractivity contribution in [1.82, 2.24) is 0 Å². The molecule has 1 saturated carbocycles. The summed E-state index contributed by atoms with van der Waals surface area (Å²) < 4.78 is 13.8. The lowest BCUT2D eigenvalue weighted by atomic mass is 9.91. The van der Waals surface area contributed by atoms with Gasteiger partial charge in [0, 0.05) is 10.6 Å². The second kappa shape index (κ2) is 6.20. The molecule has 1 nitrogen and oxygen atoms in total. The zero-order valence-electron chi connectivity index (χ0n) is 9.82. The lowest BCUT2D eigenvalue weighted by Crippen LogP contribution is -2.08. The number of halogens is 1. The van der Waals surface area contributed by atoms with Gasteiger partial charge < -0.3 is 0 Å². The van der Waals surface area contributed by atoms with Crippen molar-refractivity contribution in [2.75, 3.05) is 5.75 Å². The molecule has 0 bridgehead atoms. The van der Waals surface area contributed by atoms with Gasteiger partial charge in [-0.05, 0) is 30.9 Å². The Bertz CT molecular complexity index is 386. The van der Waals surface area contributed by atoms with E-state index in [-0.39, 0.29) is 11.4 Å². The Morgan fingerprint density at radius 1 is 1.29 bits per heavy atom. The first-order valence-electron chi connectivity index (χ1n) is 6.17. The summed E-state index contributed by atoms with van der Waals surface area (Å²) in [5, 5.41) is 0. The molecule has 1 fully saturated rings. The average molecular weight is 252 g/mol. The van der Waals surface area contributed by atoms with E-state index in [1.54, 1.807) is 23.9 Å². The molecule has 1 aromatic carbocycles. The number of thioether (sulfide) groups is 1. The molecule has 0 atom stereocenters. The number of benzene rings is 1. The highest BCUT2D eigenvalue weighted by Crippen LogP contribution is 2.31. The minimum absolute atomic E-state index is 0.165. The molecule has 0 amide bonds. The standard InChI is InChI=1S/C14H17FOS/c15-14-12(9-16)7-4-8-13(14)17-10-11-5-2-1-3-6-11/h4,7-9,11H,1-3,5-6,10H2. The zero-order valence-corrected chi connectivity index (χ0v) is 10.6. The second-order valence-corrected chi connectivity index (χ2v) is 5.65. The summed E-state index contributed by atoms with van der Waals surface area (Å²) in [5.41, 5.74) is 0.165. The van der Waals surface area contributed by atoms with Crippen LogP contribution in [-0.2, 0) is 0 Å². The maximum Gasteiger partial charge on any atom is 0.153 e. The maximum absolute atomic E-state index is 13.8. The van der Waals surface area contributed by atoms with Crippen LogP contribution in [0.4, 0.5) is 4.39 Å². The van der Waals surface area contributed by atoms with Gasteiger partial charge in [-0.15, -0.1) is 11.8 Å². The van der Waals surface area contributed by atoms with Crippen molar-refractivity contribution < 1.29 is 9.18 Å². The van der Waals surface area contributed by atoms with Crippen molar-refractivity contribution in [3.63, 3.8) is 0 Å². The largest absolute Gasteiger partial charge is 0.298 e. The van der Waals surface area contributed by atoms with Crippen molar-refractivity contribution in [2.45, 2.75) is 37.0 Å². The Kier molecular flexibility index (Phi) is 4.60. The van der Waals surface area contributed by atoms with E-state index >= 15 is 0 Å². The molecule has 1 aliphatic carbocycles. The van der Waals surface area contributed by atoms with Crippen LogP contribution >= 0.6 is 11.8 Å². The molecule has 3 heteroatoms. The molecule has 0 unspecified atom stereocenters. The van der Waals surface area contributed by atoms with Crippen molar-refractivity contribution in [1.29, 1.82) is 0 Å². The number of hydrogen-bond donors (Lipinski definition) is 0. The van der Waals surface area contributed by atoms with Crippen LogP contribution < -0.4 is 0 Å². The van der Waals surface area contributed by atoms with E-state index in [4.69, 9.17) is 0 Å². The fraction of sp³-hybridized carbons (Fsp3) is 0.500. The number of aldehydes is 1. The van der Waals surface area contributed by atoms with Gasteiger partial charge in [-0.1, -0.05) is 25.3 Å². The van der Waals surface area contributed by atoms with Crippen LogP contribution in [0.2, 0.25) is 0 Å². The third-order valence-corrected chi connectivity index (χ3v) is 4.58. The van der Waals surface area contributed by atoms with Gasteiger partial charge in [-0.2, -0.15) is 0 Å². The van der Waals surface area contributed by atoms with Crippen LogP contribution in [-0.4, -0.2) is 12.0 Å². The van der Waals surface area contributed by atoms with E-state index in [0.29, 0.717) is 17.1 Å². The van der Waals surface area contributed by atoms with Gasteiger partial charge in [0.1, 0.15) is 5.82 Å². The van der Waals surface area contributed by atoms with Gasteiger partial charge >= 0.3 is 0 Å². The lowest BCUT2D eigenvalue weighted by molar-refractivity contribution is 0.111. The van der Waals surface area contributed by atoms with Crippen LogP contribution in [0, 0.1) is 11.7 Å². The minimum Gasteiger partial charge on any atom is -0.298 e. The van der Waals surface area contributed by atoms with Gasteiger partial charge in [0.05, 0.1) is 5.56 Å². The molecule has 17 heavy (non-hydrogen) atoms. The first-order valence-corrected chi connectivity index (χ1v) is 7.16. The van der Waals surface area contributed by atoms with Crippen LogP contribution in [0.15, 0.2) is 23.1 Å². The number of hydrogen-bond acceptors (Lipinski definition) is 2. The van der Waals surface area contributed by atoms with Crippen LogP contribution in [0.25, 0.3) is 0 Å². The highest BCUT2D eigenvalue weighted by molar-refractivity contribution is 7.99. The first-order chi connectivity index (χ1) is 8.31. The molecule has 0 spiro atoms. The maximum atomic E-state index is 13.8. The molecule has 92 valence electrons. The van der Waals surface area contributed by atoms with E-state index in [1.807, 2.05) is 0 Å². The summed E-state index contributed by atoms with van der Waals surface area (Å²) in [6.07, 6.45) is 7.07. The quantitative estimate of drug-likeness (QED) is 0.586. The molecule has 0 heterocycles. The Morgan fingerprint density at radius 2 is 2.06 bits per heavy atom. The Hall–Kier alpha value is -0.830. The van der Waals surface area contributed by atoms with Crippen molar-refractivity contribution >= 4 is 18.0 Å². The predicted molar refractivity (Wildman–Crippen MR) is 69.1 cm³/mol. The Morgan fingerprint density at radius 3 is 2.76 bits per heavy atom. The third kappa shape index (κ3) is 3.32. The van der Waals surface area contributed by atoms with E-state index in [1.165, 1.54) is 38.2 Å². The normalized spacial score (nSPS) is 17.0. The Balaban J connectivity index is 1.96. The highest BCUT2D eigenvalue weighted by Gasteiger charge is 2.15. The number of carbonyl (C=O) groups is 1. The molecular formula is C14H17FOS. The molecule has 0 N–H and O–H groups in total. The topological polar surface area (TPSA) is 17.1 Å². The summed E-state index contributed by atoms with van der Waals surface area (Å²) in [4.78, 5) is 11.2. The minimum atomic E-state index is -0.358. The van der Waals surface area contributed by atoms with E-state index in [0.717, 1.165) is 5.75 Å². The SMILES string of the molecule is O=Cc1cccc(SCC2CCCCC2)c1F. The molecule has 1 aromatic rings. The van der Waals surface area contributed by atoms with Crippen LogP contribution in [0.3, 0.4) is 0 Å². The highest BCUT2D eigenvalue weighted by atomic mass is 32.2. The molecule has 0 aromatic heterocycles. The fourth-order valence-corrected chi connectivity index (χ4v) is 3.46. The van der Waals surface area contributed by atoms with E-state index in [2.05, 4.69) is 0 Å². The average Bonchev–Trinajstić information content (AvgIpc) is 2.39. The van der Waals surface area contributed by atoms with Gasteiger partial charge in [0.2, 0.25) is 0 Å². The molecule has 2 rings (SSSR count). The Labute approximate surface area is 106 Å². The first kappa shape index (κ1) is 12.6. The fourth-order valence-electron chi connectivity index (χ4n) is 2.29.